The van der Waals surface area contributed by atoms with E-state index in [1.165, 1.54) is 6.92 Å². The zero-order valence-corrected chi connectivity index (χ0v) is 10.8. The molecule has 10 heteroatoms. The van der Waals surface area contributed by atoms with E-state index >= 15 is 0 Å². The maximum atomic E-state index is 11.8. The summed E-state index contributed by atoms with van der Waals surface area (Å²) in [4.78, 5) is 48.0. The molecule has 1 aliphatic rings. The first-order valence-electron chi connectivity index (χ1n) is 5.88. The van der Waals surface area contributed by atoms with Crippen LogP contribution in [0.25, 0.3) is 0 Å². The van der Waals surface area contributed by atoms with E-state index in [0.29, 0.717) is 12.8 Å². The zero-order valence-electron chi connectivity index (χ0n) is 10.8. The second kappa shape index (κ2) is 6.59. The molecule has 0 aromatic carbocycles. The molecule has 20 heavy (non-hydrogen) atoms. The topological polar surface area (TPSA) is 157 Å². The largest absolute Gasteiger partial charge is 0.365 e. The average molecular weight is 285 g/mol. The lowest BCUT2D eigenvalue weighted by Gasteiger charge is -2.06. The molecule has 2 atom stereocenters. The second-order valence-corrected chi connectivity index (χ2v) is 4.29. The smallest absolute Gasteiger partial charge is 0.251 e. The lowest BCUT2D eigenvalue weighted by Crippen LogP contribution is -2.36. The number of guanidine groups is 1. The van der Waals surface area contributed by atoms with Crippen LogP contribution in [0.4, 0.5) is 0 Å². The third-order valence-electron chi connectivity index (χ3n) is 2.75. The van der Waals surface area contributed by atoms with Crippen LogP contribution in [0.5, 0.6) is 0 Å². The summed E-state index contributed by atoms with van der Waals surface area (Å²) in [5.74, 6) is -3.05. The molecule has 0 spiro atoms. The zero-order chi connectivity index (χ0) is 15.3. The Labute approximate surface area is 113 Å². The van der Waals surface area contributed by atoms with Crippen molar-refractivity contribution < 1.29 is 19.4 Å². The SMILES string of the molecule is CC(=O)C1C(=O)NC(CCCN=C(N)N[N+](=O)[O-])C1=O. The third-order valence-corrected chi connectivity index (χ3v) is 2.75. The van der Waals surface area contributed by atoms with Gasteiger partial charge in [0.1, 0.15) is 5.78 Å². The number of amides is 1. The lowest BCUT2D eigenvalue weighted by atomic mass is 9.97. The number of hydrogen-bond donors (Lipinski definition) is 3. The van der Waals surface area contributed by atoms with Gasteiger partial charge in [-0.25, -0.2) is 15.1 Å². The number of hydrazine groups is 1. The number of nitro groups is 1. The minimum atomic E-state index is -1.22. The lowest BCUT2D eigenvalue weighted by molar-refractivity contribution is -0.525. The molecule has 0 aromatic rings. The number of carbonyl (C=O) groups is 3. The number of nitrogens with one attached hydrogen (secondary N) is 2. The third kappa shape index (κ3) is 4.00. The number of carbonyl (C=O) groups excluding carboxylic acids is 3. The Morgan fingerprint density at radius 2 is 2.20 bits per heavy atom. The van der Waals surface area contributed by atoms with Crippen molar-refractivity contribution >= 4 is 23.4 Å². The first kappa shape index (κ1) is 15.5. The van der Waals surface area contributed by atoms with Gasteiger partial charge in [0.25, 0.3) is 5.96 Å². The highest BCUT2D eigenvalue weighted by molar-refractivity contribution is 6.23. The second-order valence-electron chi connectivity index (χ2n) is 4.29. The highest BCUT2D eigenvalue weighted by Gasteiger charge is 2.43. The van der Waals surface area contributed by atoms with Crippen LogP contribution in [-0.2, 0) is 14.4 Å². The van der Waals surface area contributed by atoms with Gasteiger partial charge in [0.2, 0.25) is 5.91 Å². The number of nitrogens with two attached hydrogens (primary N) is 1. The van der Waals surface area contributed by atoms with Crippen molar-refractivity contribution in [3.8, 4) is 0 Å². The fraction of sp³-hybridized carbons (Fsp3) is 0.600. The summed E-state index contributed by atoms with van der Waals surface area (Å²) in [5, 5.41) is 11.6. The molecule has 110 valence electrons. The summed E-state index contributed by atoms with van der Waals surface area (Å²) in [6, 6.07) is -0.712. The van der Waals surface area contributed by atoms with Crippen LogP contribution in [0, 0.1) is 16.0 Å². The van der Waals surface area contributed by atoms with E-state index < -0.39 is 34.5 Å². The number of rotatable bonds is 6. The van der Waals surface area contributed by atoms with Crippen LogP contribution in [0.15, 0.2) is 4.99 Å². The van der Waals surface area contributed by atoms with Gasteiger partial charge in [0, 0.05) is 6.54 Å². The Bertz CT molecular complexity index is 475. The minimum Gasteiger partial charge on any atom is -0.365 e. The highest BCUT2D eigenvalue weighted by Crippen LogP contribution is 2.16. The van der Waals surface area contributed by atoms with Crippen LogP contribution < -0.4 is 16.5 Å². The van der Waals surface area contributed by atoms with Gasteiger partial charge in [0.05, 0.1) is 6.04 Å². The summed E-state index contributed by atoms with van der Waals surface area (Å²) < 4.78 is 0. The Hall–Kier alpha value is -2.52. The Morgan fingerprint density at radius 1 is 1.55 bits per heavy atom. The molecule has 4 N–H and O–H groups in total. The summed E-state index contributed by atoms with van der Waals surface area (Å²) >= 11 is 0. The number of nitrogens with zero attached hydrogens (tertiary/aromatic N) is 2. The molecule has 0 saturated carbocycles. The van der Waals surface area contributed by atoms with E-state index in [0.717, 1.165) is 0 Å². The molecule has 0 aliphatic carbocycles. The van der Waals surface area contributed by atoms with Gasteiger partial charge in [-0.1, -0.05) is 5.43 Å². The first-order chi connectivity index (χ1) is 9.32. The maximum absolute atomic E-state index is 11.8. The Kier molecular flexibility index (Phi) is 5.12. The molecule has 0 aromatic heterocycles. The molecular formula is C10H15N5O5. The number of ketones is 2. The Balaban J connectivity index is 2.40. The predicted molar refractivity (Wildman–Crippen MR) is 67.0 cm³/mol. The normalized spacial score (nSPS) is 22.6. The van der Waals surface area contributed by atoms with Crippen LogP contribution in [0.3, 0.4) is 0 Å². The molecule has 1 heterocycles. The van der Waals surface area contributed by atoms with Gasteiger partial charge < -0.3 is 11.1 Å². The predicted octanol–water partition coefficient (Wildman–Crippen LogP) is -1.86. The van der Waals surface area contributed by atoms with Crippen molar-refractivity contribution in [2.45, 2.75) is 25.8 Å². The monoisotopic (exact) mass is 285 g/mol. The van der Waals surface area contributed by atoms with Gasteiger partial charge >= 0.3 is 0 Å². The van der Waals surface area contributed by atoms with Crippen molar-refractivity contribution in [3.63, 3.8) is 0 Å². The molecule has 0 radical (unpaired) electrons. The molecule has 10 nitrogen and oxygen atoms in total. The van der Waals surface area contributed by atoms with E-state index in [9.17, 15) is 24.5 Å². The average Bonchev–Trinajstić information content (AvgIpc) is 2.59. The van der Waals surface area contributed by atoms with Gasteiger partial charge in [-0.05, 0) is 19.8 Å². The van der Waals surface area contributed by atoms with Crippen molar-refractivity contribution in [2.75, 3.05) is 6.54 Å². The van der Waals surface area contributed by atoms with E-state index in [2.05, 4.69) is 10.3 Å². The van der Waals surface area contributed by atoms with E-state index in [1.54, 1.807) is 5.43 Å². The van der Waals surface area contributed by atoms with E-state index in [1.807, 2.05) is 0 Å². The standard InChI is InChI=1S/C10H15N5O5/c1-5(16)7-8(17)6(13-9(7)18)3-2-4-12-10(11)14-15(19)20/h6-7H,2-4H2,1H3,(H,13,18)(H3,11,12,14). The maximum Gasteiger partial charge on any atom is 0.251 e. The van der Waals surface area contributed by atoms with Crippen molar-refractivity contribution in [2.24, 2.45) is 16.6 Å². The summed E-state index contributed by atoms with van der Waals surface area (Å²) in [6.45, 7) is 1.36. The fourth-order valence-corrected chi connectivity index (χ4v) is 1.88. The quantitative estimate of drug-likeness (QED) is 0.129. The minimum absolute atomic E-state index is 0.164. The molecule has 1 rings (SSSR count). The van der Waals surface area contributed by atoms with Crippen LogP contribution >= 0.6 is 0 Å². The van der Waals surface area contributed by atoms with Crippen LogP contribution in [0.2, 0.25) is 0 Å². The van der Waals surface area contributed by atoms with E-state index in [4.69, 9.17) is 5.73 Å². The van der Waals surface area contributed by atoms with Crippen LogP contribution in [-0.4, -0.2) is 41.1 Å². The highest BCUT2D eigenvalue weighted by atomic mass is 16.7. The van der Waals surface area contributed by atoms with Crippen molar-refractivity contribution in [1.29, 1.82) is 0 Å². The molecular weight excluding hydrogens is 270 g/mol. The molecule has 1 aliphatic heterocycles. The molecule has 1 amide bonds. The van der Waals surface area contributed by atoms with E-state index in [-0.39, 0.29) is 12.5 Å². The molecule has 0 bridgehead atoms. The summed E-state index contributed by atoms with van der Waals surface area (Å²) in [7, 11) is 0. The summed E-state index contributed by atoms with van der Waals surface area (Å²) in [5.41, 5.74) is 6.87. The molecule has 2 unspecified atom stereocenters. The van der Waals surface area contributed by atoms with Gasteiger partial charge in [-0.3, -0.25) is 14.4 Å². The Morgan fingerprint density at radius 3 is 2.70 bits per heavy atom. The number of Topliss-reactive ketones (excluding diaryl/α,β-unsaturated/α-hetero) is 2. The molecule has 1 fully saturated rings. The van der Waals surface area contributed by atoms with Crippen molar-refractivity contribution in [3.05, 3.63) is 10.1 Å². The first-order valence-corrected chi connectivity index (χ1v) is 5.88. The van der Waals surface area contributed by atoms with Gasteiger partial charge in [-0.15, -0.1) is 0 Å². The van der Waals surface area contributed by atoms with Gasteiger partial charge in [-0.2, -0.15) is 0 Å². The van der Waals surface area contributed by atoms with Crippen LogP contribution in [0.1, 0.15) is 19.8 Å². The van der Waals surface area contributed by atoms with Crippen molar-refractivity contribution in [1.82, 2.24) is 10.7 Å². The number of aliphatic imine (C=N–C) groups is 1. The van der Waals surface area contributed by atoms with Gasteiger partial charge in [0.15, 0.2) is 16.7 Å². The molecule has 1 saturated heterocycles. The summed E-state index contributed by atoms with van der Waals surface area (Å²) in [6.07, 6.45) is 0.686. The number of hydrogen-bond acceptors (Lipinski definition) is 6. The fourth-order valence-electron chi connectivity index (χ4n) is 1.88.